The minimum atomic E-state index is 0. The third kappa shape index (κ3) is 7.66. The second-order valence-corrected chi connectivity index (χ2v) is 5.95. The van der Waals surface area contributed by atoms with E-state index in [0.29, 0.717) is 12.3 Å². The van der Waals surface area contributed by atoms with Crippen LogP contribution in [0.4, 0.5) is 0 Å². The molecule has 0 saturated carbocycles. The van der Waals surface area contributed by atoms with Gasteiger partial charge >= 0.3 is 0 Å². The highest BCUT2D eigenvalue weighted by atomic mass is 127. The van der Waals surface area contributed by atoms with Crippen LogP contribution in [0.5, 0.6) is 11.5 Å². The number of halogens is 1. The van der Waals surface area contributed by atoms with Crippen LogP contribution < -0.4 is 20.1 Å². The number of benzene rings is 1. The molecule has 0 fully saturated rings. The lowest BCUT2D eigenvalue weighted by Crippen LogP contribution is -2.38. The first-order chi connectivity index (χ1) is 12.7. The predicted octanol–water partition coefficient (Wildman–Crippen LogP) is 2.97. The van der Waals surface area contributed by atoms with Gasteiger partial charge in [-0.05, 0) is 43.5 Å². The molecule has 0 atom stereocenters. The summed E-state index contributed by atoms with van der Waals surface area (Å²) < 4.78 is 12.6. The average molecular weight is 487 g/mol. The summed E-state index contributed by atoms with van der Waals surface area (Å²) in [5.41, 5.74) is 2.25. The molecule has 0 saturated heterocycles. The van der Waals surface area contributed by atoms with Crippen molar-refractivity contribution in [3.63, 3.8) is 0 Å². The number of nitrogens with one attached hydrogen (secondary N) is 2. The van der Waals surface area contributed by atoms with Gasteiger partial charge in [0.05, 0.1) is 27.0 Å². The summed E-state index contributed by atoms with van der Waals surface area (Å²) in [6.45, 7) is 7.20. The van der Waals surface area contributed by atoms with Crippen molar-refractivity contribution in [1.82, 2.24) is 20.4 Å². The second-order valence-electron chi connectivity index (χ2n) is 5.95. The van der Waals surface area contributed by atoms with E-state index in [-0.39, 0.29) is 24.0 Å². The monoisotopic (exact) mass is 487 g/mol. The molecule has 0 aliphatic carbocycles. The number of aliphatic imine (C=N–C) groups is 1. The Labute approximate surface area is 178 Å². The molecular formula is C19H30IN5O2. The molecule has 2 N–H and O–H groups in total. The fourth-order valence-electron chi connectivity index (χ4n) is 2.53. The molecule has 1 aromatic carbocycles. The molecule has 0 unspecified atom stereocenters. The van der Waals surface area contributed by atoms with E-state index < -0.39 is 0 Å². The zero-order valence-corrected chi connectivity index (χ0v) is 18.8. The van der Waals surface area contributed by atoms with Gasteiger partial charge in [0.15, 0.2) is 17.5 Å². The summed E-state index contributed by atoms with van der Waals surface area (Å²) in [6, 6.07) is 5.84. The number of nitrogens with zero attached hydrogens (tertiary/aromatic N) is 3. The predicted molar refractivity (Wildman–Crippen MR) is 119 cm³/mol. The summed E-state index contributed by atoms with van der Waals surface area (Å²) in [7, 11) is 3.27. The first-order valence-electron chi connectivity index (χ1n) is 8.88. The van der Waals surface area contributed by atoms with Crippen molar-refractivity contribution in [2.75, 3.05) is 27.3 Å². The number of guanidine groups is 1. The number of hydrogen-bond donors (Lipinski definition) is 2. The van der Waals surface area contributed by atoms with E-state index >= 15 is 0 Å². The van der Waals surface area contributed by atoms with E-state index in [2.05, 4.69) is 33.8 Å². The topological polar surface area (TPSA) is 72.7 Å². The van der Waals surface area contributed by atoms with Crippen molar-refractivity contribution in [3.8, 4) is 11.5 Å². The van der Waals surface area contributed by atoms with Crippen LogP contribution in [0.3, 0.4) is 0 Å². The molecule has 0 aliphatic rings. The fourth-order valence-corrected chi connectivity index (χ4v) is 2.53. The average Bonchev–Trinajstić information content (AvgIpc) is 3.07. The van der Waals surface area contributed by atoms with Crippen molar-refractivity contribution in [1.29, 1.82) is 0 Å². The maximum atomic E-state index is 5.34. The Hall–Kier alpha value is -1.97. The zero-order valence-electron chi connectivity index (χ0n) is 16.5. The van der Waals surface area contributed by atoms with Crippen molar-refractivity contribution in [2.24, 2.45) is 4.99 Å². The van der Waals surface area contributed by atoms with Crippen LogP contribution in [0.2, 0.25) is 0 Å². The minimum Gasteiger partial charge on any atom is -0.493 e. The number of aromatic nitrogens is 2. The third-order valence-electron chi connectivity index (χ3n) is 3.83. The number of methoxy groups -OCH3 is 2. The number of rotatable bonds is 9. The summed E-state index contributed by atoms with van der Waals surface area (Å²) in [4.78, 5) is 4.64. The number of hydrogen-bond acceptors (Lipinski definition) is 4. The standard InChI is InChI=1S/C19H29N5O2.HI/c1-5-20-19(21-9-6-10-24-14-15(2)12-23-24)22-13-16-7-8-17(25-3)18(11-16)26-4;/h7-8,11-12,14H,5-6,9-10,13H2,1-4H3,(H2,20,21,22);1H. The lowest BCUT2D eigenvalue weighted by molar-refractivity contribution is 0.354. The molecule has 8 heteroatoms. The molecule has 0 bridgehead atoms. The lowest BCUT2D eigenvalue weighted by atomic mass is 10.2. The van der Waals surface area contributed by atoms with E-state index in [0.717, 1.165) is 43.3 Å². The first kappa shape index (κ1) is 23.1. The third-order valence-corrected chi connectivity index (χ3v) is 3.83. The maximum Gasteiger partial charge on any atom is 0.191 e. The molecule has 0 radical (unpaired) electrons. The summed E-state index contributed by atoms with van der Waals surface area (Å²) in [5.74, 6) is 2.24. The Morgan fingerprint density at radius 1 is 1.19 bits per heavy atom. The molecule has 27 heavy (non-hydrogen) atoms. The SMILES string of the molecule is CCNC(=NCc1ccc(OC)c(OC)c1)NCCCn1cc(C)cn1.I. The van der Waals surface area contributed by atoms with Gasteiger partial charge in [-0.25, -0.2) is 4.99 Å². The minimum absolute atomic E-state index is 0. The highest BCUT2D eigenvalue weighted by Gasteiger charge is 2.05. The summed E-state index contributed by atoms with van der Waals surface area (Å²) in [5, 5.41) is 10.9. The van der Waals surface area contributed by atoms with Gasteiger partial charge in [-0.1, -0.05) is 6.07 Å². The van der Waals surface area contributed by atoms with Gasteiger partial charge in [0.2, 0.25) is 0 Å². The van der Waals surface area contributed by atoms with Crippen LogP contribution in [0, 0.1) is 6.92 Å². The zero-order chi connectivity index (χ0) is 18.8. The number of aryl methyl sites for hydroxylation is 2. The van der Waals surface area contributed by atoms with Gasteiger partial charge in [-0.2, -0.15) is 5.10 Å². The molecule has 2 aromatic rings. The van der Waals surface area contributed by atoms with Crippen LogP contribution in [-0.4, -0.2) is 43.0 Å². The van der Waals surface area contributed by atoms with Crippen LogP contribution in [-0.2, 0) is 13.1 Å². The Bertz CT molecular complexity index is 718. The van der Waals surface area contributed by atoms with Crippen LogP contribution >= 0.6 is 24.0 Å². The fraction of sp³-hybridized carbons (Fsp3) is 0.474. The van der Waals surface area contributed by atoms with E-state index in [4.69, 9.17) is 9.47 Å². The lowest BCUT2D eigenvalue weighted by Gasteiger charge is -2.12. The van der Waals surface area contributed by atoms with E-state index in [9.17, 15) is 0 Å². The van der Waals surface area contributed by atoms with Gasteiger partial charge in [0.25, 0.3) is 0 Å². The molecule has 7 nitrogen and oxygen atoms in total. The van der Waals surface area contributed by atoms with Crippen molar-refractivity contribution >= 4 is 29.9 Å². The Morgan fingerprint density at radius 2 is 1.96 bits per heavy atom. The number of ether oxygens (including phenoxy) is 2. The molecule has 2 rings (SSSR count). The molecule has 1 heterocycles. The van der Waals surface area contributed by atoms with Crippen LogP contribution in [0.1, 0.15) is 24.5 Å². The van der Waals surface area contributed by atoms with Gasteiger partial charge < -0.3 is 20.1 Å². The second kappa shape index (κ2) is 12.4. The van der Waals surface area contributed by atoms with E-state index in [1.807, 2.05) is 36.0 Å². The molecule has 150 valence electrons. The molecule has 1 aromatic heterocycles. The van der Waals surface area contributed by atoms with Crippen LogP contribution in [0.15, 0.2) is 35.6 Å². The van der Waals surface area contributed by atoms with E-state index in [1.165, 1.54) is 5.56 Å². The highest BCUT2D eigenvalue weighted by Crippen LogP contribution is 2.27. The van der Waals surface area contributed by atoms with E-state index in [1.54, 1.807) is 14.2 Å². The Balaban J connectivity index is 0.00000364. The summed E-state index contributed by atoms with van der Waals surface area (Å²) >= 11 is 0. The summed E-state index contributed by atoms with van der Waals surface area (Å²) in [6.07, 6.45) is 4.90. The molecule has 0 spiro atoms. The highest BCUT2D eigenvalue weighted by molar-refractivity contribution is 14.0. The van der Waals surface area contributed by atoms with Crippen LogP contribution in [0.25, 0.3) is 0 Å². The largest absolute Gasteiger partial charge is 0.493 e. The van der Waals surface area contributed by atoms with Gasteiger partial charge in [-0.3, -0.25) is 4.68 Å². The molecule has 0 amide bonds. The van der Waals surface area contributed by atoms with Crippen molar-refractivity contribution in [2.45, 2.75) is 33.4 Å². The quantitative estimate of drug-likeness (QED) is 0.246. The van der Waals surface area contributed by atoms with Crippen molar-refractivity contribution < 1.29 is 9.47 Å². The Kier molecular flexibility index (Phi) is 10.6. The maximum absolute atomic E-state index is 5.34. The van der Waals surface area contributed by atoms with Crippen molar-refractivity contribution in [3.05, 3.63) is 41.7 Å². The normalized spacial score (nSPS) is 10.9. The molecule has 0 aliphatic heterocycles. The van der Waals surface area contributed by atoms with Gasteiger partial charge in [0.1, 0.15) is 0 Å². The smallest absolute Gasteiger partial charge is 0.191 e. The Morgan fingerprint density at radius 3 is 2.59 bits per heavy atom. The van der Waals surface area contributed by atoms with Gasteiger partial charge in [-0.15, -0.1) is 24.0 Å². The first-order valence-corrected chi connectivity index (χ1v) is 8.88. The molecular weight excluding hydrogens is 457 g/mol. The van der Waals surface area contributed by atoms with Gasteiger partial charge in [0, 0.05) is 25.8 Å².